The second-order valence-corrected chi connectivity index (χ2v) is 7.54. The first-order valence-corrected chi connectivity index (χ1v) is 9.10. The highest BCUT2D eigenvalue weighted by Crippen LogP contribution is 2.50. The summed E-state index contributed by atoms with van der Waals surface area (Å²) in [6.07, 6.45) is 3.71. The normalized spacial score (nSPS) is 28.9. The van der Waals surface area contributed by atoms with Gasteiger partial charge in [-0.25, -0.2) is 0 Å². The Morgan fingerprint density at radius 1 is 1.24 bits per heavy atom. The average Bonchev–Trinajstić information content (AvgIpc) is 3.16. The molecule has 132 valence electrons. The number of aromatic nitrogens is 1. The van der Waals surface area contributed by atoms with Crippen LogP contribution in [0.1, 0.15) is 29.7 Å². The third kappa shape index (κ3) is 2.94. The van der Waals surface area contributed by atoms with E-state index in [-0.39, 0.29) is 5.92 Å². The Hall–Kier alpha value is -1.91. The largest absolute Gasteiger partial charge is 0.497 e. The number of pyridine rings is 1. The van der Waals surface area contributed by atoms with Crippen molar-refractivity contribution >= 4 is 0 Å². The number of benzene rings is 1. The van der Waals surface area contributed by atoms with Crippen LogP contribution in [0.3, 0.4) is 0 Å². The Balaban J connectivity index is 1.50. The summed E-state index contributed by atoms with van der Waals surface area (Å²) in [6.45, 7) is 4.97. The molecular formula is C21H26N2O2. The number of aliphatic hydroxyl groups is 1. The van der Waals surface area contributed by atoms with Gasteiger partial charge in [-0.3, -0.25) is 9.88 Å². The molecule has 0 amide bonds. The molecule has 1 saturated carbocycles. The van der Waals surface area contributed by atoms with E-state index in [1.807, 2.05) is 18.2 Å². The maximum absolute atomic E-state index is 11.5. The van der Waals surface area contributed by atoms with Gasteiger partial charge in [0.05, 0.1) is 12.8 Å². The molecule has 2 heterocycles. The molecule has 0 unspecified atom stereocenters. The zero-order chi connectivity index (χ0) is 17.4. The second kappa shape index (κ2) is 6.43. The van der Waals surface area contributed by atoms with Crippen molar-refractivity contribution in [1.82, 2.24) is 9.88 Å². The van der Waals surface area contributed by atoms with Crippen LogP contribution in [-0.4, -0.2) is 35.2 Å². The molecule has 1 N–H and O–H groups in total. The van der Waals surface area contributed by atoms with Crippen molar-refractivity contribution in [1.29, 1.82) is 0 Å². The maximum atomic E-state index is 11.5. The van der Waals surface area contributed by atoms with Crippen LogP contribution in [0.2, 0.25) is 0 Å². The number of hydrogen-bond donors (Lipinski definition) is 1. The van der Waals surface area contributed by atoms with E-state index in [1.54, 1.807) is 13.3 Å². The number of hydrogen-bond acceptors (Lipinski definition) is 4. The third-order valence-electron chi connectivity index (χ3n) is 6.01. The highest BCUT2D eigenvalue weighted by atomic mass is 16.5. The number of likely N-dealkylation sites (tertiary alicyclic amines) is 1. The fourth-order valence-corrected chi connectivity index (χ4v) is 4.74. The monoisotopic (exact) mass is 338 g/mol. The van der Waals surface area contributed by atoms with Crippen molar-refractivity contribution in [3.8, 4) is 5.75 Å². The van der Waals surface area contributed by atoms with Crippen molar-refractivity contribution in [2.24, 2.45) is 11.8 Å². The van der Waals surface area contributed by atoms with Gasteiger partial charge in [0.15, 0.2) is 0 Å². The number of ether oxygens (including phenoxy) is 1. The van der Waals surface area contributed by atoms with E-state index >= 15 is 0 Å². The minimum Gasteiger partial charge on any atom is -0.497 e. The van der Waals surface area contributed by atoms with E-state index in [1.165, 1.54) is 5.56 Å². The van der Waals surface area contributed by atoms with Crippen molar-refractivity contribution in [2.45, 2.75) is 31.9 Å². The van der Waals surface area contributed by atoms with Crippen molar-refractivity contribution in [2.75, 3.05) is 20.2 Å². The van der Waals surface area contributed by atoms with Gasteiger partial charge in [0.25, 0.3) is 0 Å². The lowest BCUT2D eigenvalue weighted by atomic mass is 9.83. The van der Waals surface area contributed by atoms with Crippen LogP contribution in [0.4, 0.5) is 0 Å². The van der Waals surface area contributed by atoms with Gasteiger partial charge in [-0.1, -0.05) is 18.2 Å². The smallest absolute Gasteiger partial charge is 0.118 e. The average molecular weight is 338 g/mol. The predicted molar refractivity (Wildman–Crippen MR) is 97.4 cm³/mol. The molecule has 1 aromatic carbocycles. The molecule has 2 aromatic rings. The van der Waals surface area contributed by atoms with Crippen LogP contribution < -0.4 is 4.74 Å². The Labute approximate surface area is 149 Å². The molecule has 0 spiro atoms. The minimum absolute atomic E-state index is 0.277. The number of rotatable bonds is 4. The molecule has 0 radical (unpaired) electrons. The van der Waals surface area contributed by atoms with E-state index in [0.717, 1.165) is 49.5 Å². The Morgan fingerprint density at radius 2 is 2.04 bits per heavy atom. The van der Waals surface area contributed by atoms with Gasteiger partial charge >= 0.3 is 0 Å². The first kappa shape index (κ1) is 16.6. The van der Waals surface area contributed by atoms with Gasteiger partial charge in [-0.15, -0.1) is 0 Å². The molecule has 2 fully saturated rings. The fourth-order valence-electron chi connectivity index (χ4n) is 4.74. The van der Waals surface area contributed by atoms with Crippen LogP contribution in [0, 0.1) is 18.8 Å². The van der Waals surface area contributed by atoms with Crippen molar-refractivity contribution in [3.05, 3.63) is 59.4 Å². The zero-order valence-corrected chi connectivity index (χ0v) is 15.0. The highest BCUT2D eigenvalue weighted by Gasteiger charge is 2.53. The summed E-state index contributed by atoms with van der Waals surface area (Å²) in [4.78, 5) is 7.01. The molecule has 4 heteroatoms. The van der Waals surface area contributed by atoms with E-state index in [0.29, 0.717) is 5.92 Å². The van der Waals surface area contributed by atoms with Gasteiger partial charge in [0.2, 0.25) is 0 Å². The first-order valence-electron chi connectivity index (χ1n) is 9.10. The molecule has 4 nitrogen and oxygen atoms in total. The summed E-state index contributed by atoms with van der Waals surface area (Å²) < 4.78 is 5.23. The van der Waals surface area contributed by atoms with Crippen molar-refractivity contribution in [3.63, 3.8) is 0 Å². The summed E-state index contributed by atoms with van der Waals surface area (Å²) in [5.74, 6) is 1.73. The summed E-state index contributed by atoms with van der Waals surface area (Å²) in [5, 5.41) is 11.5. The molecule has 1 saturated heterocycles. The lowest BCUT2D eigenvalue weighted by molar-refractivity contribution is -0.0114. The second-order valence-electron chi connectivity index (χ2n) is 7.54. The highest BCUT2D eigenvalue weighted by molar-refractivity contribution is 5.29. The fraction of sp³-hybridized carbons (Fsp3) is 0.476. The zero-order valence-electron chi connectivity index (χ0n) is 15.0. The predicted octanol–water partition coefficient (Wildman–Crippen LogP) is 3.13. The SMILES string of the molecule is COc1ccc(CN2C[C@@H]3CC[C@@](O)(c4ncccc4C)[C@@H]3C2)cc1. The Bertz CT molecular complexity index is 746. The molecule has 0 bridgehead atoms. The summed E-state index contributed by atoms with van der Waals surface area (Å²) in [5.41, 5.74) is 2.50. The maximum Gasteiger partial charge on any atom is 0.118 e. The van der Waals surface area contributed by atoms with Gasteiger partial charge < -0.3 is 9.84 Å². The van der Waals surface area contributed by atoms with Crippen LogP contribution in [0.25, 0.3) is 0 Å². The molecule has 25 heavy (non-hydrogen) atoms. The first-order chi connectivity index (χ1) is 12.1. The summed E-state index contributed by atoms with van der Waals surface area (Å²) >= 11 is 0. The van der Waals surface area contributed by atoms with E-state index in [9.17, 15) is 5.11 Å². The van der Waals surface area contributed by atoms with E-state index in [4.69, 9.17) is 4.74 Å². The van der Waals surface area contributed by atoms with Crippen molar-refractivity contribution < 1.29 is 9.84 Å². The third-order valence-corrected chi connectivity index (χ3v) is 6.01. The molecule has 4 rings (SSSR count). The van der Waals surface area contributed by atoms with Gasteiger partial charge in [-0.05, 0) is 55.0 Å². The van der Waals surface area contributed by atoms with Gasteiger partial charge in [0, 0.05) is 31.7 Å². The molecule has 1 aliphatic carbocycles. The Morgan fingerprint density at radius 3 is 2.76 bits per heavy atom. The van der Waals surface area contributed by atoms with E-state index < -0.39 is 5.60 Å². The summed E-state index contributed by atoms with van der Waals surface area (Å²) in [6, 6.07) is 12.3. The van der Waals surface area contributed by atoms with Crippen LogP contribution >= 0.6 is 0 Å². The Kier molecular flexibility index (Phi) is 4.26. The molecule has 1 aliphatic heterocycles. The number of methoxy groups -OCH3 is 1. The lowest BCUT2D eigenvalue weighted by Crippen LogP contribution is -2.36. The topological polar surface area (TPSA) is 45.6 Å². The minimum atomic E-state index is -0.773. The van der Waals surface area contributed by atoms with Gasteiger partial charge in [0.1, 0.15) is 11.4 Å². The summed E-state index contributed by atoms with van der Waals surface area (Å²) in [7, 11) is 1.69. The quantitative estimate of drug-likeness (QED) is 0.930. The number of aryl methyl sites for hydroxylation is 1. The molecule has 1 aromatic heterocycles. The van der Waals surface area contributed by atoms with Crippen LogP contribution in [0.5, 0.6) is 5.75 Å². The molecule has 2 aliphatic rings. The number of fused-ring (bicyclic) bond motifs is 1. The molecule has 3 atom stereocenters. The van der Waals surface area contributed by atoms with Crippen LogP contribution in [0.15, 0.2) is 42.6 Å². The molecular weight excluding hydrogens is 312 g/mol. The van der Waals surface area contributed by atoms with Crippen LogP contribution in [-0.2, 0) is 12.1 Å². The lowest BCUT2D eigenvalue weighted by Gasteiger charge is -2.31. The number of nitrogens with zero attached hydrogens (tertiary/aromatic N) is 2. The standard InChI is InChI=1S/C21H26N2O2/c1-15-4-3-11-22-20(15)21(24)10-9-17-13-23(14-19(17)21)12-16-5-7-18(25-2)8-6-16/h3-8,11,17,19,24H,9-10,12-14H2,1-2H3/t17-,19+,21-/m0/s1. The van der Waals surface area contributed by atoms with Gasteiger partial charge in [-0.2, -0.15) is 0 Å². The van der Waals surface area contributed by atoms with E-state index in [2.05, 4.69) is 35.0 Å².